The summed E-state index contributed by atoms with van der Waals surface area (Å²) in [5.41, 5.74) is 1.87. The Labute approximate surface area is 146 Å². The van der Waals surface area contributed by atoms with Crippen LogP contribution in [0.3, 0.4) is 0 Å². The lowest BCUT2D eigenvalue weighted by molar-refractivity contribution is -0.153. The number of aromatic hydroxyl groups is 1. The molecule has 3 heteroatoms. The van der Waals surface area contributed by atoms with Crippen LogP contribution in [-0.4, -0.2) is 11.1 Å². The monoisotopic (exact) mass is 332 g/mol. The van der Waals surface area contributed by atoms with Crippen LogP contribution < -0.4 is 0 Å². The highest BCUT2D eigenvalue weighted by atomic mass is 16.5. The van der Waals surface area contributed by atoms with Crippen LogP contribution in [0.15, 0.2) is 66.7 Å². The first-order valence-electron chi connectivity index (χ1n) is 8.65. The summed E-state index contributed by atoms with van der Waals surface area (Å²) in [4.78, 5) is 12.5. The predicted molar refractivity (Wildman–Crippen MR) is 97.3 cm³/mol. The predicted octanol–water partition coefficient (Wildman–Crippen LogP) is 4.78. The van der Waals surface area contributed by atoms with E-state index in [1.807, 2.05) is 42.5 Å². The first kappa shape index (κ1) is 15.7. The van der Waals surface area contributed by atoms with Gasteiger partial charge in [0.1, 0.15) is 12.4 Å². The summed E-state index contributed by atoms with van der Waals surface area (Å²) in [5.74, 6) is -0.0176. The van der Waals surface area contributed by atoms with Crippen LogP contribution in [0.2, 0.25) is 0 Å². The molecule has 1 aliphatic carbocycles. The van der Waals surface area contributed by atoms with Crippen LogP contribution in [0.1, 0.15) is 29.9 Å². The first-order valence-corrected chi connectivity index (χ1v) is 8.65. The van der Waals surface area contributed by atoms with E-state index < -0.39 is 0 Å². The molecule has 0 radical (unpaired) electrons. The quantitative estimate of drug-likeness (QED) is 0.699. The minimum absolute atomic E-state index is 0.0567. The fourth-order valence-corrected chi connectivity index (χ4v) is 3.63. The molecule has 3 aromatic carbocycles. The molecule has 4 rings (SSSR count). The van der Waals surface area contributed by atoms with Gasteiger partial charge in [-0.1, -0.05) is 60.7 Å². The van der Waals surface area contributed by atoms with E-state index in [0.29, 0.717) is 0 Å². The molecule has 0 heterocycles. The van der Waals surface area contributed by atoms with Crippen molar-refractivity contribution in [3.63, 3.8) is 0 Å². The summed E-state index contributed by atoms with van der Waals surface area (Å²) in [5, 5.41) is 12.3. The molecule has 1 N–H and O–H groups in total. The highest BCUT2D eigenvalue weighted by Gasteiger charge is 2.39. The van der Waals surface area contributed by atoms with E-state index in [0.717, 1.165) is 34.7 Å². The lowest BCUT2D eigenvalue weighted by atomic mass is 9.70. The summed E-state index contributed by atoms with van der Waals surface area (Å²) in [6, 6.07) is 21.4. The molecule has 1 aliphatic rings. The van der Waals surface area contributed by atoms with Gasteiger partial charge in [-0.05, 0) is 40.8 Å². The van der Waals surface area contributed by atoms with E-state index in [1.54, 1.807) is 12.1 Å². The maximum atomic E-state index is 12.5. The summed E-state index contributed by atoms with van der Waals surface area (Å²) >= 11 is 0. The molecule has 3 nitrogen and oxygen atoms in total. The van der Waals surface area contributed by atoms with Gasteiger partial charge in [0.2, 0.25) is 0 Å². The van der Waals surface area contributed by atoms with E-state index in [1.165, 1.54) is 0 Å². The zero-order valence-electron chi connectivity index (χ0n) is 13.9. The third-order valence-corrected chi connectivity index (χ3v) is 5.16. The molecule has 1 fully saturated rings. The number of phenols is 1. The van der Waals surface area contributed by atoms with E-state index >= 15 is 0 Å². The molecule has 0 spiro atoms. The zero-order valence-corrected chi connectivity index (χ0v) is 13.9. The topological polar surface area (TPSA) is 46.5 Å². The fraction of sp³-hybridized carbons (Fsp3) is 0.227. The van der Waals surface area contributed by atoms with Crippen LogP contribution >= 0.6 is 0 Å². The van der Waals surface area contributed by atoms with Crippen LogP contribution in [0, 0.1) is 5.92 Å². The SMILES string of the molecule is O=C(OCc1cccc2ccccc12)C1CCC1c1ccccc1O. The summed E-state index contributed by atoms with van der Waals surface area (Å²) in [6.07, 6.45) is 1.72. The Morgan fingerprint density at radius 3 is 2.52 bits per heavy atom. The zero-order chi connectivity index (χ0) is 17.2. The van der Waals surface area contributed by atoms with Gasteiger partial charge in [0, 0.05) is 5.92 Å². The number of fused-ring (bicyclic) bond motifs is 1. The van der Waals surface area contributed by atoms with Gasteiger partial charge in [0.05, 0.1) is 5.92 Å². The highest BCUT2D eigenvalue weighted by Crippen LogP contribution is 2.46. The third-order valence-electron chi connectivity index (χ3n) is 5.16. The molecule has 25 heavy (non-hydrogen) atoms. The van der Waals surface area contributed by atoms with Gasteiger partial charge >= 0.3 is 5.97 Å². The average Bonchev–Trinajstić information content (AvgIpc) is 2.61. The van der Waals surface area contributed by atoms with Crippen molar-refractivity contribution in [2.24, 2.45) is 5.92 Å². The second-order valence-electron chi connectivity index (χ2n) is 6.60. The number of phenolic OH excluding ortho intramolecular Hbond substituents is 1. The van der Waals surface area contributed by atoms with Crippen LogP contribution in [0.4, 0.5) is 0 Å². The molecule has 0 saturated heterocycles. The smallest absolute Gasteiger partial charge is 0.309 e. The Bertz CT molecular complexity index is 911. The van der Waals surface area contributed by atoms with Crippen LogP contribution in [0.5, 0.6) is 5.75 Å². The summed E-state index contributed by atoms with van der Waals surface area (Å²) in [7, 11) is 0. The molecule has 126 valence electrons. The highest BCUT2D eigenvalue weighted by molar-refractivity contribution is 5.85. The van der Waals surface area contributed by atoms with E-state index in [-0.39, 0.29) is 30.2 Å². The maximum absolute atomic E-state index is 12.5. The van der Waals surface area contributed by atoms with Gasteiger partial charge in [-0.2, -0.15) is 0 Å². The molecule has 0 aromatic heterocycles. The van der Waals surface area contributed by atoms with Gasteiger partial charge in [-0.25, -0.2) is 0 Å². The number of ether oxygens (including phenoxy) is 1. The number of carbonyl (C=O) groups is 1. The lowest BCUT2D eigenvalue weighted by Gasteiger charge is -2.35. The standard InChI is InChI=1S/C22H20O3/c23-21-11-4-3-10-19(21)18-12-13-20(18)22(24)25-14-16-8-5-7-15-6-1-2-9-17(15)16/h1-11,18,20,23H,12-14H2. The van der Waals surface area contributed by atoms with Crippen molar-refractivity contribution in [1.29, 1.82) is 0 Å². The second-order valence-corrected chi connectivity index (χ2v) is 6.60. The Morgan fingerprint density at radius 1 is 0.960 bits per heavy atom. The molecule has 1 saturated carbocycles. The average molecular weight is 332 g/mol. The summed E-state index contributed by atoms with van der Waals surface area (Å²) in [6.45, 7) is 0.282. The molecule has 0 aliphatic heterocycles. The molecule has 2 unspecified atom stereocenters. The van der Waals surface area contributed by atoms with Crippen molar-refractivity contribution in [2.45, 2.75) is 25.4 Å². The van der Waals surface area contributed by atoms with Crippen molar-refractivity contribution < 1.29 is 14.6 Å². The Balaban J connectivity index is 1.46. The number of carbonyl (C=O) groups excluding carboxylic acids is 1. The molecule has 0 bridgehead atoms. The van der Waals surface area contributed by atoms with Crippen LogP contribution in [-0.2, 0) is 16.1 Å². The molecular weight excluding hydrogens is 312 g/mol. The van der Waals surface area contributed by atoms with Gasteiger partial charge in [-0.3, -0.25) is 4.79 Å². The number of esters is 1. The first-order chi connectivity index (χ1) is 12.2. The van der Waals surface area contributed by atoms with Gasteiger partial charge < -0.3 is 9.84 Å². The fourth-order valence-electron chi connectivity index (χ4n) is 3.63. The van der Waals surface area contributed by atoms with Crippen molar-refractivity contribution in [1.82, 2.24) is 0 Å². The van der Waals surface area contributed by atoms with Gasteiger partial charge in [-0.15, -0.1) is 0 Å². The minimum atomic E-state index is -0.174. The Kier molecular flexibility index (Phi) is 4.14. The Hall–Kier alpha value is -2.81. The lowest BCUT2D eigenvalue weighted by Crippen LogP contribution is -2.32. The summed E-state index contributed by atoms with van der Waals surface area (Å²) < 4.78 is 5.61. The second kappa shape index (κ2) is 6.60. The minimum Gasteiger partial charge on any atom is -0.508 e. The van der Waals surface area contributed by atoms with Gasteiger partial charge in [0.25, 0.3) is 0 Å². The van der Waals surface area contributed by atoms with Crippen molar-refractivity contribution in [3.05, 3.63) is 77.9 Å². The molecule has 2 atom stereocenters. The van der Waals surface area contributed by atoms with Crippen molar-refractivity contribution in [3.8, 4) is 5.75 Å². The largest absolute Gasteiger partial charge is 0.508 e. The van der Waals surface area contributed by atoms with Crippen molar-refractivity contribution in [2.75, 3.05) is 0 Å². The number of benzene rings is 3. The molecular formula is C22H20O3. The number of hydrogen-bond acceptors (Lipinski definition) is 3. The molecule has 0 amide bonds. The third kappa shape index (κ3) is 2.98. The molecule has 3 aromatic rings. The maximum Gasteiger partial charge on any atom is 0.309 e. The number of para-hydroxylation sites is 1. The van der Waals surface area contributed by atoms with E-state index in [4.69, 9.17) is 4.74 Å². The van der Waals surface area contributed by atoms with Crippen molar-refractivity contribution >= 4 is 16.7 Å². The number of hydrogen-bond donors (Lipinski definition) is 1. The Morgan fingerprint density at radius 2 is 1.72 bits per heavy atom. The van der Waals surface area contributed by atoms with Crippen LogP contribution in [0.25, 0.3) is 10.8 Å². The normalized spacial score (nSPS) is 19.4. The van der Waals surface area contributed by atoms with Gasteiger partial charge in [0.15, 0.2) is 0 Å². The number of rotatable bonds is 4. The van der Waals surface area contributed by atoms with E-state index in [2.05, 4.69) is 12.1 Å². The van der Waals surface area contributed by atoms with E-state index in [9.17, 15) is 9.90 Å².